The third-order valence-electron chi connectivity index (χ3n) is 0. The van der Waals surface area contributed by atoms with Gasteiger partial charge in [-0.05, 0) is 0 Å². The molecule has 0 radical (unpaired) electrons. The molecule has 11 heavy (non-hydrogen) atoms. The molecule has 0 saturated heterocycles. The first kappa shape index (κ1) is 18.1. The first-order valence-electron chi connectivity index (χ1n) is 1.23. The predicted molar refractivity (Wildman–Crippen MR) is 0 cm³/mol. The third kappa shape index (κ3) is 663. The molecule has 0 aromatic rings. The fraction of sp³-hybridized carbons (Fsp3) is 0. The molecule has 0 aromatic carbocycles. The number of halogens is 2. The van der Waals surface area contributed by atoms with E-state index in [0.29, 0.717) is 0 Å². The van der Waals surface area contributed by atoms with E-state index >= 15 is 0 Å². The van der Waals surface area contributed by atoms with E-state index in [-0.39, 0.29) is 27.7 Å². The van der Waals surface area contributed by atoms with Gasteiger partial charge in [-0.1, -0.05) is 0 Å². The van der Waals surface area contributed by atoms with E-state index in [2.05, 4.69) is 0 Å². The molecule has 0 aliphatic heterocycles. The van der Waals surface area contributed by atoms with Crippen LogP contribution in [0.2, 0.25) is 0 Å². The standard InChI is InChI=1S/2ClHO4.Hg/c2*2-1(3,4)5;/h2*(H,2,3,4,5);/q;;+2/p-2. The summed E-state index contributed by atoms with van der Waals surface area (Å²) in [6, 6.07) is 0. The molecule has 64 valence electrons. The van der Waals surface area contributed by atoms with Crippen molar-refractivity contribution in [3.63, 3.8) is 0 Å². The van der Waals surface area contributed by atoms with Crippen LogP contribution in [0.25, 0.3) is 0 Å². The van der Waals surface area contributed by atoms with Gasteiger partial charge in [0.05, 0.1) is 0 Å². The summed E-state index contributed by atoms with van der Waals surface area (Å²) in [5.74, 6) is 0. The molecule has 0 aliphatic rings. The molecular formula is Cl2HgO8. The first-order valence-corrected chi connectivity index (χ1v) is 3.70. The van der Waals surface area contributed by atoms with Crippen LogP contribution in [-0.2, 0) is 27.7 Å². The van der Waals surface area contributed by atoms with E-state index in [4.69, 9.17) is 37.3 Å². The van der Waals surface area contributed by atoms with E-state index < -0.39 is 20.5 Å². The second kappa shape index (κ2) is 6.68. The fourth-order valence-corrected chi connectivity index (χ4v) is 0. The minimum absolute atomic E-state index is 0. The van der Waals surface area contributed by atoms with E-state index in [9.17, 15) is 0 Å². The third-order valence-corrected chi connectivity index (χ3v) is 0. The maximum atomic E-state index is 8.49. The Balaban J connectivity index is -0.000000107. The number of hydrogen-bond donors (Lipinski definition) is 0. The van der Waals surface area contributed by atoms with E-state index in [1.165, 1.54) is 0 Å². The molecule has 8 nitrogen and oxygen atoms in total. The van der Waals surface area contributed by atoms with Crippen LogP contribution in [0.4, 0.5) is 0 Å². The van der Waals surface area contributed by atoms with Crippen molar-refractivity contribution in [2.45, 2.75) is 0 Å². The number of hydrogen-bond acceptors (Lipinski definition) is 8. The van der Waals surface area contributed by atoms with Crippen molar-refractivity contribution in [1.82, 2.24) is 0 Å². The van der Waals surface area contributed by atoms with Crippen LogP contribution in [0.3, 0.4) is 0 Å². The van der Waals surface area contributed by atoms with Gasteiger partial charge in [0.2, 0.25) is 0 Å². The second-order valence-electron chi connectivity index (χ2n) is 0.756. The zero-order valence-electron chi connectivity index (χ0n) is 4.73. The quantitative estimate of drug-likeness (QED) is 0.359. The molecule has 0 unspecified atom stereocenters. The van der Waals surface area contributed by atoms with Gasteiger partial charge in [0.15, 0.2) is 0 Å². The van der Waals surface area contributed by atoms with Crippen LogP contribution in [0, 0.1) is 20.5 Å². The Bertz CT molecular complexity index is 55.1. The summed E-state index contributed by atoms with van der Waals surface area (Å²) in [4.78, 5) is 0. The van der Waals surface area contributed by atoms with Crippen molar-refractivity contribution in [2.24, 2.45) is 0 Å². The molecule has 0 fully saturated rings. The number of rotatable bonds is 0. The topological polar surface area (TPSA) is 184 Å². The Kier molecular flexibility index (Phi) is 11.0. The maximum Gasteiger partial charge on any atom is 2.00 e. The summed E-state index contributed by atoms with van der Waals surface area (Å²) in [5, 5.41) is 0. The van der Waals surface area contributed by atoms with Crippen molar-refractivity contribution in [3.8, 4) is 0 Å². The summed E-state index contributed by atoms with van der Waals surface area (Å²) in [6.07, 6.45) is 0. The van der Waals surface area contributed by atoms with Gasteiger partial charge in [-0.2, -0.15) is 0 Å². The summed E-state index contributed by atoms with van der Waals surface area (Å²) in [5.41, 5.74) is 0. The van der Waals surface area contributed by atoms with Crippen molar-refractivity contribution in [3.05, 3.63) is 0 Å². The summed E-state index contributed by atoms with van der Waals surface area (Å²) < 4.78 is 67.9. The molecule has 0 heterocycles. The zero-order chi connectivity index (χ0) is 9.00. The Morgan fingerprint density at radius 3 is 0.455 bits per heavy atom. The van der Waals surface area contributed by atoms with E-state index in [0.717, 1.165) is 0 Å². The Morgan fingerprint density at radius 1 is 0.455 bits per heavy atom. The van der Waals surface area contributed by atoms with Gasteiger partial charge in [-0.15, -0.1) is 20.5 Å². The van der Waals surface area contributed by atoms with Crippen LogP contribution in [0.5, 0.6) is 0 Å². The van der Waals surface area contributed by atoms with Gasteiger partial charge in [-0.3, -0.25) is 0 Å². The Morgan fingerprint density at radius 2 is 0.455 bits per heavy atom. The van der Waals surface area contributed by atoms with Gasteiger partial charge in [0.1, 0.15) is 0 Å². The molecule has 0 N–H and O–H groups in total. The molecule has 0 aromatic heterocycles. The van der Waals surface area contributed by atoms with Crippen LogP contribution in [0.1, 0.15) is 0 Å². The van der Waals surface area contributed by atoms with Gasteiger partial charge in [0, 0.05) is 0 Å². The van der Waals surface area contributed by atoms with Crippen LogP contribution < -0.4 is 37.3 Å². The summed E-state index contributed by atoms with van der Waals surface area (Å²) in [7, 11) is -9.89. The Hall–Kier alpha value is 1.20. The van der Waals surface area contributed by atoms with Crippen molar-refractivity contribution in [1.29, 1.82) is 0 Å². The second-order valence-corrected chi connectivity index (χ2v) is 2.27. The molecule has 0 saturated carbocycles. The minimum atomic E-state index is -4.94. The summed E-state index contributed by atoms with van der Waals surface area (Å²) in [6.45, 7) is 0. The van der Waals surface area contributed by atoms with Gasteiger partial charge < -0.3 is 0 Å². The van der Waals surface area contributed by atoms with E-state index in [1.807, 2.05) is 0 Å². The molecule has 0 aliphatic carbocycles. The summed E-state index contributed by atoms with van der Waals surface area (Å²) >= 11 is 0. The molecule has 11 heteroatoms. The molecule has 0 bridgehead atoms. The first-order chi connectivity index (χ1) is 4.00. The monoisotopic (exact) mass is 400 g/mol. The zero-order valence-corrected chi connectivity index (χ0v) is 11.7. The SMILES string of the molecule is [Hg+2].[O-][Cl+3]([O-])([O-])[O-].[O-][Cl+3]([O-])([O-])[O-]. The van der Waals surface area contributed by atoms with Crippen LogP contribution in [-0.4, -0.2) is 0 Å². The maximum absolute atomic E-state index is 8.49. The van der Waals surface area contributed by atoms with Crippen LogP contribution in [0.15, 0.2) is 0 Å². The predicted octanol–water partition coefficient (Wildman–Crippen LogP) is -9.51. The van der Waals surface area contributed by atoms with Gasteiger partial charge in [0.25, 0.3) is 0 Å². The van der Waals surface area contributed by atoms with Gasteiger partial charge >= 0.3 is 27.7 Å². The van der Waals surface area contributed by atoms with Crippen molar-refractivity contribution >= 4 is 0 Å². The molecule has 0 spiro atoms. The average molecular weight is 399 g/mol. The molecule has 0 rings (SSSR count). The Labute approximate surface area is 85.3 Å². The fourth-order valence-electron chi connectivity index (χ4n) is 0. The molecule has 0 atom stereocenters. The van der Waals surface area contributed by atoms with Crippen molar-refractivity contribution in [2.75, 3.05) is 0 Å². The smallest absolute Gasteiger partial charge is 0.222 e. The van der Waals surface area contributed by atoms with Crippen molar-refractivity contribution < 1.29 is 85.4 Å². The minimum Gasteiger partial charge on any atom is -0.222 e. The molecular weight excluding hydrogens is 399 g/mol. The average Bonchev–Trinajstić information content (AvgIpc) is 1.12. The van der Waals surface area contributed by atoms with E-state index in [1.54, 1.807) is 0 Å². The van der Waals surface area contributed by atoms with Crippen LogP contribution >= 0.6 is 0 Å². The normalized spacial score (nSPS) is 10.9. The molecule has 0 amide bonds. The van der Waals surface area contributed by atoms with Gasteiger partial charge in [-0.25, -0.2) is 37.3 Å². The largest absolute Gasteiger partial charge is 2.00 e.